The maximum absolute atomic E-state index is 12.3. The maximum atomic E-state index is 12.3. The summed E-state index contributed by atoms with van der Waals surface area (Å²) in [6, 6.07) is 12.5. The van der Waals surface area contributed by atoms with Gasteiger partial charge in [0, 0.05) is 0 Å². The Morgan fingerprint density at radius 3 is 2.72 bits per heavy atom. The molecule has 0 saturated heterocycles. The summed E-state index contributed by atoms with van der Waals surface area (Å²) in [5.41, 5.74) is 1.24. The monoisotopic (exact) mass is 396 g/mol. The number of para-hydroxylation sites is 2. The molecular formula is C16H16N2O4S3. The zero-order valence-corrected chi connectivity index (χ0v) is 16.0. The predicted molar refractivity (Wildman–Crippen MR) is 102 cm³/mol. The van der Waals surface area contributed by atoms with Gasteiger partial charge in [0.2, 0.25) is 10.0 Å². The van der Waals surface area contributed by atoms with Gasteiger partial charge in [-0.2, -0.15) is 0 Å². The van der Waals surface area contributed by atoms with Gasteiger partial charge in [0.15, 0.2) is 4.34 Å². The molecule has 0 aliphatic carbocycles. The van der Waals surface area contributed by atoms with Crippen LogP contribution in [0, 0.1) is 0 Å². The molecule has 132 valence electrons. The number of hydrogen-bond acceptors (Lipinski definition) is 7. The minimum atomic E-state index is -3.54. The second-order valence-corrected chi connectivity index (χ2v) is 9.33. The number of thioether (sulfide) groups is 1. The third-order valence-electron chi connectivity index (χ3n) is 3.29. The summed E-state index contributed by atoms with van der Waals surface area (Å²) in [6.45, 7) is 0. The lowest BCUT2D eigenvalue weighted by atomic mass is 10.3. The first-order valence-electron chi connectivity index (χ1n) is 7.21. The Labute approximate surface area is 154 Å². The Kier molecular flexibility index (Phi) is 5.36. The molecule has 0 spiro atoms. The van der Waals surface area contributed by atoms with E-state index in [1.165, 1.54) is 30.2 Å². The predicted octanol–water partition coefficient (Wildman–Crippen LogP) is 3.81. The van der Waals surface area contributed by atoms with Crippen molar-refractivity contribution in [3.05, 3.63) is 42.5 Å². The van der Waals surface area contributed by atoms with E-state index in [1.807, 2.05) is 18.2 Å². The van der Waals surface area contributed by atoms with Gasteiger partial charge in [0.05, 0.1) is 30.1 Å². The van der Waals surface area contributed by atoms with Gasteiger partial charge in [0.1, 0.15) is 16.6 Å². The fourth-order valence-corrected chi connectivity index (χ4v) is 5.72. The van der Waals surface area contributed by atoms with Crippen LogP contribution >= 0.6 is 23.1 Å². The average Bonchev–Trinajstić information content (AvgIpc) is 3.02. The number of nitrogens with zero attached hydrogens (tertiary/aromatic N) is 1. The van der Waals surface area contributed by atoms with Gasteiger partial charge in [-0.05, 0) is 30.3 Å². The Morgan fingerprint density at radius 2 is 1.96 bits per heavy atom. The summed E-state index contributed by atoms with van der Waals surface area (Å²) >= 11 is 2.61. The van der Waals surface area contributed by atoms with Crippen molar-refractivity contribution < 1.29 is 17.9 Å². The van der Waals surface area contributed by atoms with Crippen LogP contribution < -0.4 is 14.2 Å². The molecule has 0 aliphatic heterocycles. The highest BCUT2D eigenvalue weighted by Crippen LogP contribution is 2.33. The number of rotatable bonds is 7. The summed E-state index contributed by atoms with van der Waals surface area (Å²) in [5, 5.41) is -0.137. The molecule has 1 heterocycles. The van der Waals surface area contributed by atoms with Gasteiger partial charge in [-0.25, -0.2) is 13.4 Å². The molecule has 0 radical (unpaired) electrons. The van der Waals surface area contributed by atoms with Crippen LogP contribution in [0.3, 0.4) is 0 Å². The number of aromatic nitrogens is 1. The molecule has 0 atom stereocenters. The van der Waals surface area contributed by atoms with Crippen LogP contribution in [0.1, 0.15) is 0 Å². The molecule has 25 heavy (non-hydrogen) atoms. The standard InChI is InChI=1S/C16H16N2O4S3/c1-21-11-7-8-13-15(9-11)24-16(17-13)23-10-25(19,20)18-12-5-3-4-6-14(12)22-2/h3-9,18H,10H2,1-2H3. The van der Waals surface area contributed by atoms with Crippen molar-refractivity contribution in [3.8, 4) is 11.5 Å². The van der Waals surface area contributed by atoms with Gasteiger partial charge in [-0.15, -0.1) is 11.3 Å². The van der Waals surface area contributed by atoms with E-state index in [0.29, 0.717) is 15.8 Å². The van der Waals surface area contributed by atoms with Crippen LogP contribution in [0.2, 0.25) is 0 Å². The van der Waals surface area contributed by atoms with E-state index >= 15 is 0 Å². The number of hydrogen-bond donors (Lipinski definition) is 1. The summed E-state index contributed by atoms with van der Waals surface area (Å²) in [4.78, 5) is 4.44. The first-order chi connectivity index (χ1) is 12.0. The van der Waals surface area contributed by atoms with Crippen LogP contribution in [0.15, 0.2) is 46.8 Å². The normalized spacial score (nSPS) is 11.4. The van der Waals surface area contributed by atoms with Gasteiger partial charge in [-0.1, -0.05) is 23.9 Å². The molecule has 3 rings (SSSR count). The lowest BCUT2D eigenvalue weighted by Gasteiger charge is -2.10. The lowest BCUT2D eigenvalue weighted by Crippen LogP contribution is -2.15. The minimum absolute atomic E-state index is 0.137. The van der Waals surface area contributed by atoms with Crippen molar-refractivity contribution in [2.45, 2.75) is 4.34 Å². The molecule has 0 bridgehead atoms. The van der Waals surface area contributed by atoms with E-state index in [1.54, 1.807) is 31.4 Å². The maximum Gasteiger partial charge on any atom is 0.242 e. The van der Waals surface area contributed by atoms with E-state index in [4.69, 9.17) is 9.47 Å². The number of thiazole rings is 1. The first-order valence-corrected chi connectivity index (χ1v) is 10.7. The molecule has 6 nitrogen and oxygen atoms in total. The highest BCUT2D eigenvalue weighted by molar-refractivity contribution is 8.13. The smallest absolute Gasteiger partial charge is 0.242 e. The summed E-state index contributed by atoms with van der Waals surface area (Å²) in [6.07, 6.45) is 0. The topological polar surface area (TPSA) is 77.5 Å². The van der Waals surface area contributed by atoms with Gasteiger partial charge < -0.3 is 9.47 Å². The molecule has 1 aromatic heterocycles. The van der Waals surface area contributed by atoms with Gasteiger partial charge in [-0.3, -0.25) is 4.72 Å². The molecule has 3 aromatic rings. The zero-order valence-electron chi connectivity index (χ0n) is 13.6. The third-order valence-corrected chi connectivity index (χ3v) is 7.28. The fraction of sp³-hybridized carbons (Fsp3) is 0.188. The van der Waals surface area contributed by atoms with Crippen molar-refractivity contribution in [1.82, 2.24) is 4.98 Å². The molecule has 1 N–H and O–H groups in total. The molecule has 9 heteroatoms. The van der Waals surface area contributed by atoms with Crippen LogP contribution in [-0.2, 0) is 10.0 Å². The number of benzene rings is 2. The van der Waals surface area contributed by atoms with Crippen molar-refractivity contribution in [2.75, 3.05) is 24.0 Å². The number of fused-ring (bicyclic) bond motifs is 1. The summed E-state index contributed by atoms with van der Waals surface area (Å²) in [5.74, 6) is 1.22. The van der Waals surface area contributed by atoms with Gasteiger partial charge >= 0.3 is 0 Å². The molecule has 0 saturated carbocycles. The molecule has 2 aromatic carbocycles. The SMILES string of the molecule is COc1ccc2nc(SCS(=O)(=O)Nc3ccccc3OC)sc2c1. The zero-order chi connectivity index (χ0) is 17.9. The van der Waals surface area contributed by atoms with Crippen LogP contribution in [-0.4, -0.2) is 32.7 Å². The quantitative estimate of drug-likeness (QED) is 0.612. The largest absolute Gasteiger partial charge is 0.497 e. The van der Waals surface area contributed by atoms with E-state index in [-0.39, 0.29) is 5.08 Å². The highest BCUT2D eigenvalue weighted by Gasteiger charge is 2.15. The molecule has 0 aliphatic rings. The second kappa shape index (κ2) is 7.51. The number of ether oxygens (including phenoxy) is 2. The number of sulfonamides is 1. The molecule has 0 unspecified atom stereocenters. The summed E-state index contributed by atoms with van der Waals surface area (Å²) < 4.78 is 39.2. The Bertz CT molecular complexity index is 986. The average molecular weight is 397 g/mol. The first kappa shape index (κ1) is 17.8. The third kappa shape index (κ3) is 4.36. The Morgan fingerprint density at radius 1 is 1.16 bits per heavy atom. The van der Waals surface area contributed by atoms with Crippen molar-refractivity contribution in [2.24, 2.45) is 0 Å². The lowest BCUT2D eigenvalue weighted by molar-refractivity contribution is 0.415. The molecular weight excluding hydrogens is 380 g/mol. The number of methoxy groups -OCH3 is 2. The fourth-order valence-electron chi connectivity index (χ4n) is 2.13. The van der Waals surface area contributed by atoms with Crippen LogP contribution in [0.25, 0.3) is 10.2 Å². The van der Waals surface area contributed by atoms with E-state index in [9.17, 15) is 8.42 Å². The summed E-state index contributed by atoms with van der Waals surface area (Å²) in [7, 11) is -0.438. The highest BCUT2D eigenvalue weighted by atomic mass is 32.3. The van der Waals surface area contributed by atoms with Gasteiger partial charge in [0.25, 0.3) is 0 Å². The van der Waals surface area contributed by atoms with Crippen LogP contribution in [0.5, 0.6) is 11.5 Å². The second-order valence-electron chi connectivity index (χ2n) is 4.99. The Balaban J connectivity index is 1.71. The number of nitrogens with one attached hydrogen (secondary N) is 1. The number of anilines is 1. The molecule has 0 amide bonds. The van der Waals surface area contributed by atoms with Crippen LogP contribution in [0.4, 0.5) is 5.69 Å². The van der Waals surface area contributed by atoms with Crippen molar-refractivity contribution >= 4 is 49.0 Å². The van der Waals surface area contributed by atoms with Crippen molar-refractivity contribution in [3.63, 3.8) is 0 Å². The van der Waals surface area contributed by atoms with Crippen molar-refractivity contribution in [1.29, 1.82) is 0 Å². The van der Waals surface area contributed by atoms with E-state index in [0.717, 1.165) is 16.0 Å². The Hall–Kier alpha value is -1.97. The van der Waals surface area contributed by atoms with E-state index < -0.39 is 10.0 Å². The molecule has 0 fully saturated rings. The minimum Gasteiger partial charge on any atom is -0.497 e. The van der Waals surface area contributed by atoms with E-state index in [2.05, 4.69) is 9.71 Å².